The fourth-order valence-electron chi connectivity index (χ4n) is 1.39. The number of sulfone groups is 1. The minimum atomic E-state index is -3.84. The van der Waals surface area contributed by atoms with Crippen LogP contribution in [0.15, 0.2) is 17.0 Å². The van der Waals surface area contributed by atoms with E-state index in [1.807, 2.05) is 0 Å². The molecule has 1 aromatic carbocycles. The zero-order valence-corrected chi connectivity index (χ0v) is 12.9. The van der Waals surface area contributed by atoms with Gasteiger partial charge in [0, 0.05) is 23.5 Å². The molecule has 0 bridgehead atoms. The third kappa shape index (κ3) is 4.64. The van der Waals surface area contributed by atoms with Crippen LogP contribution in [0, 0.1) is 6.92 Å². The predicted octanol–water partition coefficient (Wildman–Crippen LogP) is 0.554. The average Bonchev–Trinajstić information content (AvgIpc) is 2.20. The third-order valence-electron chi connectivity index (χ3n) is 2.42. The number of rotatable bonds is 5. The zero-order valence-electron chi connectivity index (χ0n) is 10.5. The minimum absolute atomic E-state index is 0.0500. The standard InChI is InChI=1S/C10H15ClN2O4S2/c1-7-9(12)5-8(11)6-10(7)19(16,17)13-3-4-18(2,14)15/h5-6,13H,3-4,12H2,1-2H3. The molecule has 108 valence electrons. The first kappa shape index (κ1) is 16.2. The van der Waals surface area contributed by atoms with Crippen molar-refractivity contribution >= 4 is 37.1 Å². The van der Waals surface area contributed by atoms with E-state index in [2.05, 4.69) is 4.72 Å². The van der Waals surface area contributed by atoms with E-state index in [0.717, 1.165) is 6.26 Å². The maximum atomic E-state index is 12.0. The third-order valence-corrected chi connectivity index (χ3v) is 5.17. The number of halogens is 1. The van der Waals surface area contributed by atoms with Crippen molar-refractivity contribution in [3.8, 4) is 0 Å². The summed E-state index contributed by atoms with van der Waals surface area (Å²) in [6, 6.07) is 2.72. The van der Waals surface area contributed by atoms with E-state index in [9.17, 15) is 16.8 Å². The van der Waals surface area contributed by atoms with Gasteiger partial charge in [-0.05, 0) is 24.6 Å². The van der Waals surface area contributed by atoms with Gasteiger partial charge in [-0.3, -0.25) is 0 Å². The SMILES string of the molecule is Cc1c(N)cc(Cl)cc1S(=O)(=O)NCCS(C)(=O)=O. The van der Waals surface area contributed by atoms with Crippen molar-refractivity contribution in [2.75, 3.05) is 24.3 Å². The molecule has 19 heavy (non-hydrogen) atoms. The van der Waals surface area contributed by atoms with E-state index in [4.69, 9.17) is 17.3 Å². The van der Waals surface area contributed by atoms with Crippen LogP contribution in [0.5, 0.6) is 0 Å². The van der Waals surface area contributed by atoms with Gasteiger partial charge in [-0.25, -0.2) is 21.6 Å². The Labute approximate surface area is 117 Å². The second kappa shape index (κ2) is 5.66. The normalized spacial score (nSPS) is 12.6. The van der Waals surface area contributed by atoms with Crippen LogP contribution in [0.25, 0.3) is 0 Å². The maximum Gasteiger partial charge on any atom is 0.240 e. The van der Waals surface area contributed by atoms with Gasteiger partial charge in [-0.15, -0.1) is 0 Å². The number of hydrogen-bond acceptors (Lipinski definition) is 5. The largest absolute Gasteiger partial charge is 0.398 e. The number of anilines is 1. The summed E-state index contributed by atoms with van der Waals surface area (Å²) in [5.41, 5.74) is 6.28. The first-order valence-corrected chi connectivity index (χ1v) is 9.18. The average molecular weight is 327 g/mol. The molecule has 0 aromatic heterocycles. The van der Waals surface area contributed by atoms with Gasteiger partial charge in [-0.1, -0.05) is 11.6 Å². The Balaban J connectivity index is 3.02. The Hall–Kier alpha value is -0.830. The predicted molar refractivity (Wildman–Crippen MR) is 75.5 cm³/mol. The Morgan fingerprint density at radius 3 is 2.37 bits per heavy atom. The van der Waals surface area contributed by atoms with Crippen LogP contribution in [-0.2, 0) is 19.9 Å². The van der Waals surface area contributed by atoms with Crippen LogP contribution in [-0.4, -0.2) is 35.4 Å². The number of hydrogen-bond donors (Lipinski definition) is 2. The summed E-state index contributed by atoms with van der Waals surface area (Å²) < 4.78 is 48.2. The van der Waals surface area contributed by atoms with Gasteiger partial charge in [0.2, 0.25) is 10.0 Å². The molecule has 0 unspecified atom stereocenters. The molecule has 0 amide bonds. The number of nitrogens with two attached hydrogens (primary N) is 1. The minimum Gasteiger partial charge on any atom is -0.398 e. The van der Waals surface area contributed by atoms with E-state index in [1.165, 1.54) is 12.1 Å². The molecule has 0 atom stereocenters. The summed E-state index contributed by atoms with van der Waals surface area (Å²) >= 11 is 5.77. The molecular weight excluding hydrogens is 312 g/mol. The van der Waals surface area contributed by atoms with Crippen molar-refractivity contribution < 1.29 is 16.8 Å². The molecule has 1 rings (SSSR count). The molecule has 0 aliphatic carbocycles. The number of benzene rings is 1. The highest BCUT2D eigenvalue weighted by Crippen LogP contribution is 2.25. The fraction of sp³-hybridized carbons (Fsp3) is 0.400. The summed E-state index contributed by atoms with van der Waals surface area (Å²) in [4.78, 5) is -0.0500. The van der Waals surface area contributed by atoms with Crippen LogP contribution in [0.1, 0.15) is 5.56 Å². The van der Waals surface area contributed by atoms with Gasteiger partial charge in [-0.2, -0.15) is 0 Å². The summed E-state index contributed by atoms with van der Waals surface area (Å²) in [5.74, 6) is -0.276. The Morgan fingerprint density at radius 2 is 1.84 bits per heavy atom. The molecule has 0 radical (unpaired) electrons. The highest BCUT2D eigenvalue weighted by Gasteiger charge is 2.19. The molecule has 0 aliphatic heterocycles. The van der Waals surface area contributed by atoms with E-state index in [1.54, 1.807) is 6.92 Å². The molecule has 0 heterocycles. The van der Waals surface area contributed by atoms with Crippen LogP contribution >= 0.6 is 11.6 Å². The van der Waals surface area contributed by atoms with Crippen molar-refractivity contribution in [2.24, 2.45) is 0 Å². The van der Waals surface area contributed by atoms with Gasteiger partial charge in [0.1, 0.15) is 9.84 Å². The smallest absolute Gasteiger partial charge is 0.240 e. The Morgan fingerprint density at radius 1 is 1.26 bits per heavy atom. The van der Waals surface area contributed by atoms with Crippen molar-refractivity contribution in [3.63, 3.8) is 0 Å². The molecule has 0 fully saturated rings. The summed E-state index contributed by atoms with van der Waals surface area (Å²) in [6.07, 6.45) is 1.03. The second-order valence-corrected chi connectivity index (χ2v) is 8.58. The fourth-order valence-corrected chi connectivity index (χ4v) is 3.62. The first-order chi connectivity index (χ1) is 8.53. The van der Waals surface area contributed by atoms with Crippen LogP contribution < -0.4 is 10.5 Å². The molecular formula is C10H15ClN2O4S2. The monoisotopic (exact) mass is 326 g/mol. The quantitative estimate of drug-likeness (QED) is 0.769. The Bertz CT molecular complexity index is 684. The van der Waals surface area contributed by atoms with Gasteiger partial charge in [0.25, 0.3) is 0 Å². The van der Waals surface area contributed by atoms with Crippen LogP contribution in [0.4, 0.5) is 5.69 Å². The lowest BCUT2D eigenvalue weighted by molar-refractivity contribution is 0.581. The van der Waals surface area contributed by atoms with Crippen LogP contribution in [0.2, 0.25) is 5.02 Å². The summed E-state index contributed by atoms with van der Waals surface area (Å²) in [7, 11) is -7.07. The molecule has 1 aromatic rings. The molecule has 6 nitrogen and oxygen atoms in total. The molecule has 0 aliphatic rings. The van der Waals surface area contributed by atoms with Crippen molar-refractivity contribution in [2.45, 2.75) is 11.8 Å². The van der Waals surface area contributed by atoms with Gasteiger partial charge in [0.15, 0.2) is 0 Å². The lowest BCUT2D eigenvalue weighted by Crippen LogP contribution is -2.29. The first-order valence-electron chi connectivity index (χ1n) is 5.26. The molecule has 9 heteroatoms. The van der Waals surface area contributed by atoms with E-state index >= 15 is 0 Å². The summed E-state index contributed by atoms with van der Waals surface area (Å²) in [5, 5.41) is 0.201. The number of sulfonamides is 1. The van der Waals surface area contributed by atoms with E-state index in [-0.39, 0.29) is 27.9 Å². The molecule has 3 N–H and O–H groups in total. The number of nitrogens with one attached hydrogen (secondary N) is 1. The molecule has 0 spiro atoms. The topological polar surface area (TPSA) is 106 Å². The Kier molecular flexibility index (Phi) is 4.83. The van der Waals surface area contributed by atoms with Gasteiger partial charge in [0.05, 0.1) is 10.6 Å². The van der Waals surface area contributed by atoms with Gasteiger partial charge < -0.3 is 5.73 Å². The summed E-state index contributed by atoms with van der Waals surface area (Å²) in [6.45, 7) is 1.35. The molecule has 0 saturated carbocycles. The molecule has 0 saturated heterocycles. The van der Waals surface area contributed by atoms with Crippen molar-refractivity contribution in [3.05, 3.63) is 22.7 Å². The zero-order chi connectivity index (χ0) is 14.8. The lowest BCUT2D eigenvalue weighted by atomic mass is 10.2. The highest BCUT2D eigenvalue weighted by atomic mass is 35.5. The van der Waals surface area contributed by atoms with Crippen LogP contribution in [0.3, 0.4) is 0 Å². The number of nitrogen functional groups attached to an aromatic ring is 1. The van der Waals surface area contributed by atoms with Crippen molar-refractivity contribution in [1.82, 2.24) is 4.72 Å². The van der Waals surface area contributed by atoms with Gasteiger partial charge >= 0.3 is 0 Å². The van der Waals surface area contributed by atoms with E-state index < -0.39 is 19.9 Å². The highest BCUT2D eigenvalue weighted by molar-refractivity contribution is 7.91. The second-order valence-electron chi connectivity index (χ2n) is 4.15. The lowest BCUT2D eigenvalue weighted by Gasteiger charge is -2.11. The maximum absolute atomic E-state index is 12.0. The van der Waals surface area contributed by atoms with E-state index in [0.29, 0.717) is 5.56 Å². The van der Waals surface area contributed by atoms with Crippen molar-refractivity contribution in [1.29, 1.82) is 0 Å².